The molecule has 0 aliphatic heterocycles. The number of phenolic OH excluding ortho intramolecular Hbond substituents is 1. The topological polar surface area (TPSA) is 33.1 Å². The van der Waals surface area contributed by atoms with Gasteiger partial charge in [-0.05, 0) is 41.9 Å². The summed E-state index contributed by atoms with van der Waals surface area (Å²) >= 11 is 7.00. The van der Waals surface area contributed by atoms with E-state index in [1.165, 1.54) is 11.5 Å². The molecule has 1 heterocycles. The number of hydrogen-bond donors (Lipinski definition) is 1. The number of rotatable bonds is 1. The zero-order chi connectivity index (χ0) is 9.26. The van der Waals surface area contributed by atoms with Crippen LogP contribution in [0.5, 0.6) is 5.75 Å². The lowest BCUT2D eigenvalue weighted by Crippen LogP contribution is -1.74. The summed E-state index contributed by atoms with van der Waals surface area (Å²) in [6.45, 7) is 0. The monoisotopic (exact) mass is 211 g/mol. The van der Waals surface area contributed by atoms with E-state index in [0.29, 0.717) is 4.34 Å². The van der Waals surface area contributed by atoms with Crippen LogP contribution in [0, 0.1) is 0 Å². The minimum absolute atomic E-state index is 0.255. The third-order valence-corrected chi connectivity index (χ3v) is 2.54. The molecular formula is C9H6ClNOS. The van der Waals surface area contributed by atoms with Crippen LogP contribution in [0.3, 0.4) is 0 Å². The summed E-state index contributed by atoms with van der Waals surface area (Å²) in [6, 6.07) is 8.67. The lowest BCUT2D eigenvalue weighted by molar-refractivity contribution is 0.475. The molecule has 2 nitrogen and oxygen atoms in total. The van der Waals surface area contributed by atoms with Gasteiger partial charge in [0.25, 0.3) is 0 Å². The predicted octanol–water partition coefficient (Wildman–Crippen LogP) is 3.17. The van der Waals surface area contributed by atoms with Gasteiger partial charge in [0.05, 0.1) is 5.69 Å². The first-order valence-corrected chi connectivity index (χ1v) is 4.82. The highest BCUT2D eigenvalue weighted by molar-refractivity contribution is 7.10. The van der Waals surface area contributed by atoms with Crippen LogP contribution >= 0.6 is 23.1 Å². The average Bonchev–Trinajstić information content (AvgIpc) is 2.53. The van der Waals surface area contributed by atoms with Crippen molar-refractivity contribution in [3.63, 3.8) is 0 Å². The van der Waals surface area contributed by atoms with Gasteiger partial charge in [-0.15, -0.1) is 0 Å². The summed E-state index contributed by atoms with van der Waals surface area (Å²) < 4.78 is 4.81. The molecule has 0 amide bonds. The minimum Gasteiger partial charge on any atom is -0.508 e. The second kappa shape index (κ2) is 3.36. The summed E-state index contributed by atoms with van der Waals surface area (Å²) in [7, 11) is 0. The van der Waals surface area contributed by atoms with Crippen molar-refractivity contribution >= 4 is 23.1 Å². The molecule has 0 aliphatic carbocycles. The first-order valence-electron chi connectivity index (χ1n) is 3.67. The predicted molar refractivity (Wildman–Crippen MR) is 54.2 cm³/mol. The largest absolute Gasteiger partial charge is 0.508 e. The maximum Gasteiger partial charge on any atom is 0.115 e. The number of halogens is 1. The number of nitrogens with zero attached hydrogens (tertiary/aromatic N) is 1. The van der Waals surface area contributed by atoms with Gasteiger partial charge in [-0.3, -0.25) is 0 Å². The number of aromatic nitrogens is 1. The van der Waals surface area contributed by atoms with Gasteiger partial charge in [0.1, 0.15) is 10.1 Å². The molecule has 0 spiro atoms. The van der Waals surface area contributed by atoms with Gasteiger partial charge in [-0.2, -0.15) is 4.37 Å². The van der Waals surface area contributed by atoms with E-state index in [1.807, 2.05) is 0 Å². The second-order valence-corrected chi connectivity index (χ2v) is 4.00. The van der Waals surface area contributed by atoms with Crippen molar-refractivity contribution in [3.05, 3.63) is 34.7 Å². The van der Waals surface area contributed by atoms with Gasteiger partial charge >= 0.3 is 0 Å². The Hall–Kier alpha value is -1.06. The molecule has 1 aromatic heterocycles. The Morgan fingerprint density at radius 3 is 2.46 bits per heavy atom. The Bertz CT molecular complexity index is 410. The SMILES string of the molecule is Oc1ccc(-c2cc(Cl)sn2)cc1. The van der Waals surface area contributed by atoms with Crippen molar-refractivity contribution < 1.29 is 5.11 Å². The Labute approximate surface area is 84.6 Å². The van der Waals surface area contributed by atoms with Crippen LogP contribution < -0.4 is 0 Å². The summed E-state index contributed by atoms with van der Waals surface area (Å²) in [5.41, 5.74) is 1.80. The van der Waals surface area contributed by atoms with Gasteiger partial charge in [0.15, 0.2) is 0 Å². The number of hydrogen-bond acceptors (Lipinski definition) is 3. The zero-order valence-electron chi connectivity index (χ0n) is 6.57. The molecule has 0 fully saturated rings. The van der Waals surface area contributed by atoms with Crippen LogP contribution in [0.15, 0.2) is 30.3 Å². The van der Waals surface area contributed by atoms with Crippen LogP contribution in [-0.4, -0.2) is 9.48 Å². The number of phenols is 1. The van der Waals surface area contributed by atoms with Gasteiger partial charge < -0.3 is 5.11 Å². The van der Waals surface area contributed by atoms with Crippen molar-refractivity contribution in [2.24, 2.45) is 0 Å². The molecule has 66 valence electrons. The quantitative estimate of drug-likeness (QED) is 0.786. The van der Waals surface area contributed by atoms with Crippen molar-refractivity contribution in [2.45, 2.75) is 0 Å². The van der Waals surface area contributed by atoms with E-state index in [4.69, 9.17) is 16.7 Å². The second-order valence-electron chi connectivity index (χ2n) is 2.56. The Morgan fingerprint density at radius 1 is 1.23 bits per heavy atom. The maximum absolute atomic E-state index is 9.06. The Balaban J connectivity index is 2.41. The Morgan fingerprint density at radius 2 is 1.92 bits per heavy atom. The molecule has 0 atom stereocenters. The number of aromatic hydroxyl groups is 1. The smallest absolute Gasteiger partial charge is 0.115 e. The van der Waals surface area contributed by atoms with Crippen molar-refractivity contribution in [2.75, 3.05) is 0 Å². The van der Waals surface area contributed by atoms with Gasteiger partial charge in [0, 0.05) is 5.56 Å². The van der Waals surface area contributed by atoms with E-state index in [1.54, 1.807) is 30.3 Å². The van der Waals surface area contributed by atoms with E-state index < -0.39 is 0 Å². The first kappa shape index (κ1) is 8.53. The molecule has 2 aromatic rings. The number of benzene rings is 1. The first-order chi connectivity index (χ1) is 6.25. The van der Waals surface area contributed by atoms with E-state index >= 15 is 0 Å². The minimum atomic E-state index is 0.255. The standard InChI is InChI=1S/C9H6ClNOS/c10-9-5-8(11-13-9)6-1-3-7(12)4-2-6/h1-5,12H. The molecule has 0 unspecified atom stereocenters. The molecular weight excluding hydrogens is 206 g/mol. The van der Waals surface area contributed by atoms with Gasteiger partial charge in [-0.1, -0.05) is 11.6 Å². The highest BCUT2D eigenvalue weighted by Gasteiger charge is 2.02. The lowest BCUT2D eigenvalue weighted by Gasteiger charge is -1.95. The molecule has 1 aromatic carbocycles. The third-order valence-electron chi connectivity index (χ3n) is 1.64. The normalized spacial score (nSPS) is 10.2. The summed E-state index contributed by atoms with van der Waals surface area (Å²) in [6.07, 6.45) is 0. The van der Waals surface area contributed by atoms with Crippen LogP contribution in [-0.2, 0) is 0 Å². The highest BCUT2D eigenvalue weighted by Crippen LogP contribution is 2.25. The van der Waals surface area contributed by atoms with Crippen LogP contribution in [0.1, 0.15) is 0 Å². The fourth-order valence-electron chi connectivity index (χ4n) is 1.02. The summed E-state index contributed by atoms with van der Waals surface area (Å²) in [5, 5.41) is 9.06. The van der Waals surface area contributed by atoms with Crippen LogP contribution in [0.2, 0.25) is 4.34 Å². The van der Waals surface area contributed by atoms with E-state index in [-0.39, 0.29) is 5.75 Å². The Kier molecular flexibility index (Phi) is 2.20. The maximum atomic E-state index is 9.06. The molecule has 2 rings (SSSR count). The average molecular weight is 212 g/mol. The van der Waals surface area contributed by atoms with Gasteiger partial charge in [0.2, 0.25) is 0 Å². The van der Waals surface area contributed by atoms with E-state index in [0.717, 1.165) is 11.3 Å². The fraction of sp³-hybridized carbons (Fsp3) is 0. The van der Waals surface area contributed by atoms with Crippen molar-refractivity contribution in [3.8, 4) is 17.0 Å². The summed E-state index contributed by atoms with van der Waals surface area (Å²) in [4.78, 5) is 0. The van der Waals surface area contributed by atoms with E-state index in [2.05, 4.69) is 4.37 Å². The van der Waals surface area contributed by atoms with Crippen LogP contribution in [0.25, 0.3) is 11.3 Å². The van der Waals surface area contributed by atoms with E-state index in [9.17, 15) is 0 Å². The third kappa shape index (κ3) is 1.82. The molecule has 4 heteroatoms. The highest BCUT2D eigenvalue weighted by atomic mass is 35.5. The zero-order valence-corrected chi connectivity index (χ0v) is 8.14. The molecule has 0 bridgehead atoms. The fourth-order valence-corrected chi connectivity index (χ4v) is 1.74. The molecule has 0 saturated carbocycles. The lowest BCUT2D eigenvalue weighted by atomic mass is 10.1. The molecule has 1 N–H and O–H groups in total. The summed E-state index contributed by atoms with van der Waals surface area (Å²) in [5.74, 6) is 0.255. The molecule has 0 radical (unpaired) electrons. The molecule has 0 saturated heterocycles. The van der Waals surface area contributed by atoms with Crippen molar-refractivity contribution in [1.29, 1.82) is 0 Å². The van der Waals surface area contributed by atoms with Crippen LogP contribution in [0.4, 0.5) is 0 Å². The molecule has 0 aliphatic rings. The molecule has 13 heavy (non-hydrogen) atoms. The van der Waals surface area contributed by atoms with Gasteiger partial charge in [-0.25, -0.2) is 0 Å². The van der Waals surface area contributed by atoms with Crippen molar-refractivity contribution in [1.82, 2.24) is 4.37 Å².